The summed E-state index contributed by atoms with van der Waals surface area (Å²) in [6, 6.07) is 6.68. The fourth-order valence-electron chi connectivity index (χ4n) is 3.22. The van der Waals surface area contributed by atoms with Gasteiger partial charge in [0.2, 0.25) is 0 Å². The van der Waals surface area contributed by atoms with Crippen LogP contribution in [0.1, 0.15) is 37.3 Å². The average molecular weight is 290 g/mol. The molecule has 1 atom stereocenters. The molecule has 1 saturated heterocycles. The van der Waals surface area contributed by atoms with Crippen molar-refractivity contribution in [3.8, 4) is 11.5 Å². The molecule has 2 heterocycles. The predicted molar refractivity (Wildman–Crippen MR) is 84.1 cm³/mol. The number of likely N-dealkylation sites (tertiary alicyclic amines) is 1. The first-order valence-corrected chi connectivity index (χ1v) is 8.16. The Kier molecular flexibility index (Phi) is 4.99. The van der Waals surface area contributed by atoms with E-state index >= 15 is 0 Å². The van der Waals surface area contributed by atoms with Crippen LogP contribution in [0.2, 0.25) is 0 Å². The van der Waals surface area contributed by atoms with Gasteiger partial charge >= 0.3 is 0 Å². The monoisotopic (exact) mass is 290 g/mol. The van der Waals surface area contributed by atoms with Crippen molar-refractivity contribution in [1.29, 1.82) is 0 Å². The van der Waals surface area contributed by atoms with Crippen LogP contribution in [0.15, 0.2) is 18.2 Å². The Hall–Kier alpha value is -1.26. The Bertz CT molecular complexity index is 456. The highest BCUT2D eigenvalue weighted by Crippen LogP contribution is 2.32. The predicted octanol–water partition coefficient (Wildman–Crippen LogP) is 2.59. The van der Waals surface area contributed by atoms with E-state index < -0.39 is 0 Å². The molecule has 1 aromatic rings. The highest BCUT2D eigenvalue weighted by molar-refractivity contribution is 5.44. The van der Waals surface area contributed by atoms with Crippen LogP contribution in [-0.2, 0) is 0 Å². The van der Waals surface area contributed by atoms with E-state index in [-0.39, 0.29) is 0 Å². The topological polar surface area (TPSA) is 33.7 Å². The molecule has 21 heavy (non-hydrogen) atoms. The van der Waals surface area contributed by atoms with Crippen molar-refractivity contribution in [1.82, 2.24) is 10.2 Å². The van der Waals surface area contributed by atoms with E-state index in [2.05, 4.69) is 22.3 Å². The van der Waals surface area contributed by atoms with Crippen LogP contribution in [-0.4, -0.2) is 44.8 Å². The number of ether oxygens (including phenoxy) is 2. The highest BCUT2D eigenvalue weighted by Gasteiger charge is 2.19. The Morgan fingerprint density at radius 1 is 1.05 bits per heavy atom. The van der Waals surface area contributed by atoms with Gasteiger partial charge in [-0.05, 0) is 50.7 Å². The van der Waals surface area contributed by atoms with Gasteiger partial charge in [-0.2, -0.15) is 0 Å². The van der Waals surface area contributed by atoms with Crippen LogP contribution < -0.4 is 14.8 Å². The third-order valence-electron chi connectivity index (χ3n) is 4.46. The summed E-state index contributed by atoms with van der Waals surface area (Å²) in [6.45, 7) is 4.81. The molecule has 0 spiro atoms. The van der Waals surface area contributed by atoms with Gasteiger partial charge in [0.15, 0.2) is 11.5 Å². The van der Waals surface area contributed by atoms with Gasteiger partial charge in [-0.1, -0.05) is 18.9 Å². The third kappa shape index (κ3) is 3.69. The fraction of sp³-hybridized carbons (Fsp3) is 0.647. The first-order valence-electron chi connectivity index (χ1n) is 8.16. The van der Waals surface area contributed by atoms with Crippen LogP contribution >= 0.6 is 0 Å². The summed E-state index contributed by atoms with van der Waals surface area (Å²) in [5, 5.41) is 3.45. The molecule has 0 saturated carbocycles. The highest BCUT2D eigenvalue weighted by atomic mass is 16.6. The summed E-state index contributed by atoms with van der Waals surface area (Å²) in [6.07, 6.45) is 5.42. The lowest BCUT2D eigenvalue weighted by Crippen LogP contribution is -2.34. The number of nitrogens with one attached hydrogen (secondary N) is 1. The van der Waals surface area contributed by atoms with Crippen molar-refractivity contribution in [2.24, 2.45) is 0 Å². The van der Waals surface area contributed by atoms with E-state index in [1.54, 1.807) is 0 Å². The molecule has 0 aromatic heterocycles. The lowest BCUT2D eigenvalue weighted by Gasteiger charge is -2.27. The van der Waals surface area contributed by atoms with Crippen molar-refractivity contribution in [3.05, 3.63) is 23.8 Å². The van der Waals surface area contributed by atoms with Crippen LogP contribution in [0.25, 0.3) is 0 Å². The van der Waals surface area contributed by atoms with Gasteiger partial charge in [0, 0.05) is 12.6 Å². The molecule has 2 aliphatic rings. The van der Waals surface area contributed by atoms with Crippen molar-refractivity contribution < 1.29 is 9.47 Å². The van der Waals surface area contributed by atoms with E-state index in [0.29, 0.717) is 19.3 Å². The van der Waals surface area contributed by atoms with Gasteiger partial charge in [0.1, 0.15) is 13.2 Å². The number of nitrogens with zero attached hydrogens (tertiary/aromatic N) is 1. The number of rotatable bonds is 4. The number of hydrogen-bond acceptors (Lipinski definition) is 4. The van der Waals surface area contributed by atoms with Crippen molar-refractivity contribution >= 4 is 0 Å². The molecule has 0 bridgehead atoms. The molecular formula is C17H26N2O2. The summed E-state index contributed by atoms with van der Waals surface area (Å²) >= 11 is 0. The maximum Gasteiger partial charge on any atom is 0.161 e. The Labute approximate surface area is 127 Å². The second kappa shape index (κ2) is 7.14. The molecule has 0 aliphatic carbocycles. The number of benzene rings is 1. The molecule has 4 heteroatoms. The minimum absolute atomic E-state index is 0.346. The molecule has 0 radical (unpaired) electrons. The zero-order valence-electron chi connectivity index (χ0n) is 12.9. The van der Waals surface area contributed by atoms with E-state index in [1.807, 2.05) is 13.1 Å². The van der Waals surface area contributed by atoms with Crippen LogP contribution in [0.5, 0.6) is 11.5 Å². The molecule has 0 amide bonds. The first-order chi connectivity index (χ1) is 10.4. The van der Waals surface area contributed by atoms with Gasteiger partial charge < -0.3 is 19.7 Å². The summed E-state index contributed by atoms with van der Waals surface area (Å²) in [5.74, 6) is 1.75. The maximum absolute atomic E-state index is 5.70. The quantitative estimate of drug-likeness (QED) is 0.924. The van der Waals surface area contributed by atoms with E-state index in [4.69, 9.17) is 9.47 Å². The molecule has 1 unspecified atom stereocenters. The van der Waals surface area contributed by atoms with Crippen molar-refractivity contribution in [3.63, 3.8) is 0 Å². The first kappa shape index (κ1) is 14.7. The zero-order valence-corrected chi connectivity index (χ0v) is 12.9. The summed E-state index contributed by atoms with van der Waals surface area (Å²) in [7, 11) is 2.04. The van der Waals surface area contributed by atoms with Gasteiger partial charge in [0.05, 0.1) is 0 Å². The average Bonchev–Trinajstić information content (AvgIpc) is 2.81. The van der Waals surface area contributed by atoms with Gasteiger partial charge in [0.25, 0.3) is 0 Å². The SMILES string of the molecule is CNC(CN1CCCCCC1)c1ccc2c(c1)OCCO2. The van der Waals surface area contributed by atoms with Crippen molar-refractivity contribution in [2.75, 3.05) is 39.9 Å². The number of likely N-dealkylation sites (N-methyl/N-ethyl adjacent to an activating group) is 1. The summed E-state index contributed by atoms with van der Waals surface area (Å²) in [5.41, 5.74) is 1.28. The molecular weight excluding hydrogens is 264 g/mol. The van der Waals surface area contributed by atoms with Gasteiger partial charge in [-0.15, -0.1) is 0 Å². The number of hydrogen-bond donors (Lipinski definition) is 1. The van der Waals surface area contributed by atoms with Crippen LogP contribution in [0.4, 0.5) is 0 Å². The standard InChI is InChI=1S/C17H26N2O2/c1-18-15(13-19-8-4-2-3-5-9-19)14-6-7-16-17(12-14)21-11-10-20-16/h6-7,12,15,18H,2-5,8-11,13H2,1H3. The molecule has 116 valence electrons. The zero-order chi connectivity index (χ0) is 14.5. The smallest absolute Gasteiger partial charge is 0.161 e. The lowest BCUT2D eigenvalue weighted by molar-refractivity contribution is 0.171. The Morgan fingerprint density at radius 3 is 2.48 bits per heavy atom. The minimum atomic E-state index is 0.346. The second-order valence-corrected chi connectivity index (χ2v) is 5.96. The Balaban J connectivity index is 1.70. The van der Waals surface area contributed by atoms with Gasteiger partial charge in [-0.25, -0.2) is 0 Å². The van der Waals surface area contributed by atoms with E-state index in [0.717, 1.165) is 18.0 Å². The van der Waals surface area contributed by atoms with E-state index in [9.17, 15) is 0 Å². The Morgan fingerprint density at radius 2 is 1.76 bits per heavy atom. The molecule has 1 aromatic carbocycles. The third-order valence-corrected chi connectivity index (χ3v) is 4.46. The second-order valence-electron chi connectivity index (χ2n) is 5.96. The lowest BCUT2D eigenvalue weighted by atomic mass is 10.1. The molecule has 1 fully saturated rings. The molecule has 1 N–H and O–H groups in total. The largest absolute Gasteiger partial charge is 0.486 e. The van der Waals surface area contributed by atoms with Crippen LogP contribution in [0.3, 0.4) is 0 Å². The van der Waals surface area contributed by atoms with Crippen LogP contribution in [0, 0.1) is 0 Å². The number of fused-ring (bicyclic) bond motifs is 1. The minimum Gasteiger partial charge on any atom is -0.486 e. The molecule has 4 nitrogen and oxygen atoms in total. The maximum atomic E-state index is 5.70. The molecule has 2 aliphatic heterocycles. The fourth-order valence-corrected chi connectivity index (χ4v) is 3.22. The van der Waals surface area contributed by atoms with Gasteiger partial charge in [-0.3, -0.25) is 0 Å². The molecule has 3 rings (SSSR count). The summed E-state index contributed by atoms with van der Waals surface area (Å²) in [4.78, 5) is 2.59. The van der Waals surface area contributed by atoms with Crippen molar-refractivity contribution in [2.45, 2.75) is 31.7 Å². The normalized spacial score (nSPS) is 20.8. The van der Waals surface area contributed by atoms with E-state index in [1.165, 1.54) is 44.3 Å². The summed E-state index contributed by atoms with van der Waals surface area (Å²) < 4.78 is 11.3.